The number of fused-ring (bicyclic) bond motifs is 1. The Labute approximate surface area is 135 Å². The number of hydrogen-bond donors (Lipinski definition) is 2. The van der Waals surface area contributed by atoms with Gasteiger partial charge in [-0.1, -0.05) is 35.9 Å². The van der Waals surface area contributed by atoms with Crippen LogP contribution in [0.2, 0.25) is 0 Å². The second-order valence-corrected chi connectivity index (χ2v) is 7.68. The molecule has 0 aliphatic carbocycles. The first kappa shape index (κ1) is 16.2. The van der Waals surface area contributed by atoms with E-state index >= 15 is 0 Å². The quantitative estimate of drug-likeness (QED) is 0.805. The molecule has 7 heteroatoms. The maximum atomic E-state index is 12.7. The predicted octanol–water partition coefficient (Wildman–Crippen LogP) is 0.679. The maximum absolute atomic E-state index is 12.7. The Morgan fingerprint density at radius 1 is 1.22 bits per heavy atom. The van der Waals surface area contributed by atoms with Crippen LogP contribution in [0.15, 0.2) is 41.3 Å². The molecule has 1 aliphatic heterocycles. The average molecular weight is 332 g/mol. The summed E-state index contributed by atoms with van der Waals surface area (Å²) in [5, 5.41) is 19.1. The minimum atomic E-state index is -3.59. The van der Waals surface area contributed by atoms with Gasteiger partial charge in [0.25, 0.3) is 0 Å². The Balaban J connectivity index is 1.95. The SMILES string of the molecule is Cc1ccc(S(=O)(=O)Cc2ccc3c(c2)B(O)OC3)c(CO)c1. The third-order valence-electron chi connectivity index (χ3n) is 3.95. The monoisotopic (exact) mass is 332 g/mol. The molecule has 1 heterocycles. The van der Waals surface area contributed by atoms with E-state index in [1.165, 1.54) is 6.07 Å². The highest BCUT2D eigenvalue weighted by Gasteiger charge is 2.28. The third-order valence-corrected chi connectivity index (χ3v) is 5.73. The summed E-state index contributed by atoms with van der Waals surface area (Å²) in [6.07, 6.45) is 0. The number of benzene rings is 2. The molecular formula is C16H17BO5S. The summed E-state index contributed by atoms with van der Waals surface area (Å²) in [6, 6.07) is 10.1. The molecule has 0 saturated heterocycles. The molecule has 23 heavy (non-hydrogen) atoms. The summed E-state index contributed by atoms with van der Waals surface area (Å²) in [4.78, 5) is 0.142. The molecule has 2 aromatic rings. The number of sulfone groups is 1. The molecule has 0 fully saturated rings. The van der Waals surface area contributed by atoms with Crippen molar-refractivity contribution in [3.8, 4) is 0 Å². The maximum Gasteiger partial charge on any atom is 0.491 e. The first-order valence-electron chi connectivity index (χ1n) is 7.25. The van der Waals surface area contributed by atoms with E-state index < -0.39 is 17.0 Å². The Morgan fingerprint density at radius 2 is 2.00 bits per heavy atom. The highest BCUT2D eigenvalue weighted by molar-refractivity contribution is 7.90. The molecule has 0 atom stereocenters. The summed E-state index contributed by atoms with van der Waals surface area (Å²) >= 11 is 0. The van der Waals surface area contributed by atoms with Gasteiger partial charge in [-0.25, -0.2) is 8.42 Å². The molecule has 2 aromatic carbocycles. The lowest BCUT2D eigenvalue weighted by atomic mass is 9.79. The molecule has 0 bridgehead atoms. The number of aryl methyl sites for hydroxylation is 1. The molecule has 0 amide bonds. The molecule has 0 radical (unpaired) electrons. The van der Waals surface area contributed by atoms with E-state index in [4.69, 9.17) is 4.65 Å². The lowest BCUT2D eigenvalue weighted by Crippen LogP contribution is -2.28. The standard InChI is InChI=1S/C16H17BO5S/c1-11-2-5-16(14(6-11)8-18)23(20,21)10-12-3-4-13-9-22-17(19)15(13)7-12/h2-7,18-19H,8-10H2,1H3. The smallest absolute Gasteiger partial charge is 0.423 e. The van der Waals surface area contributed by atoms with Crippen LogP contribution in [0, 0.1) is 6.92 Å². The predicted molar refractivity (Wildman–Crippen MR) is 86.8 cm³/mol. The van der Waals surface area contributed by atoms with Crippen LogP contribution in [0.3, 0.4) is 0 Å². The van der Waals surface area contributed by atoms with Crippen molar-refractivity contribution in [2.75, 3.05) is 0 Å². The van der Waals surface area contributed by atoms with Gasteiger partial charge in [0.2, 0.25) is 0 Å². The minimum absolute atomic E-state index is 0.142. The van der Waals surface area contributed by atoms with E-state index in [9.17, 15) is 18.5 Å². The topological polar surface area (TPSA) is 83.8 Å². The van der Waals surface area contributed by atoms with E-state index in [2.05, 4.69) is 0 Å². The minimum Gasteiger partial charge on any atom is -0.423 e. The van der Waals surface area contributed by atoms with E-state index in [0.717, 1.165) is 11.1 Å². The van der Waals surface area contributed by atoms with E-state index in [-0.39, 0.29) is 17.3 Å². The van der Waals surface area contributed by atoms with Gasteiger partial charge in [0, 0.05) is 0 Å². The van der Waals surface area contributed by atoms with Crippen molar-refractivity contribution in [1.29, 1.82) is 0 Å². The van der Waals surface area contributed by atoms with E-state index in [1.807, 2.05) is 6.92 Å². The van der Waals surface area contributed by atoms with Gasteiger partial charge in [-0.2, -0.15) is 0 Å². The van der Waals surface area contributed by atoms with Gasteiger partial charge in [-0.15, -0.1) is 0 Å². The van der Waals surface area contributed by atoms with Crippen molar-refractivity contribution in [1.82, 2.24) is 0 Å². The summed E-state index contributed by atoms with van der Waals surface area (Å²) in [7, 11) is -4.59. The van der Waals surface area contributed by atoms with Crippen molar-refractivity contribution in [2.45, 2.75) is 30.8 Å². The zero-order valence-corrected chi connectivity index (χ0v) is 13.5. The Bertz CT molecular complexity index is 848. The largest absolute Gasteiger partial charge is 0.491 e. The van der Waals surface area contributed by atoms with Crippen LogP contribution in [0.5, 0.6) is 0 Å². The lowest BCUT2D eigenvalue weighted by molar-refractivity contribution is 0.275. The van der Waals surface area contributed by atoms with Crippen LogP contribution in [0.25, 0.3) is 0 Å². The lowest BCUT2D eigenvalue weighted by Gasteiger charge is -2.11. The molecule has 0 aromatic heterocycles. The van der Waals surface area contributed by atoms with Gasteiger partial charge >= 0.3 is 7.12 Å². The zero-order valence-electron chi connectivity index (χ0n) is 12.7. The fourth-order valence-electron chi connectivity index (χ4n) is 2.79. The van der Waals surface area contributed by atoms with Gasteiger partial charge in [-0.3, -0.25) is 0 Å². The van der Waals surface area contributed by atoms with Crippen LogP contribution >= 0.6 is 0 Å². The summed E-state index contributed by atoms with van der Waals surface area (Å²) in [6.45, 7) is 1.85. The van der Waals surface area contributed by atoms with Gasteiger partial charge < -0.3 is 14.8 Å². The Morgan fingerprint density at radius 3 is 2.74 bits per heavy atom. The first-order valence-corrected chi connectivity index (χ1v) is 8.90. The van der Waals surface area contributed by atoms with Gasteiger partial charge in [0.15, 0.2) is 9.84 Å². The number of rotatable bonds is 4. The molecular weight excluding hydrogens is 315 g/mol. The van der Waals surface area contributed by atoms with Crippen molar-refractivity contribution in [3.63, 3.8) is 0 Å². The molecule has 0 spiro atoms. The van der Waals surface area contributed by atoms with Crippen molar-refractivity contribution in [2.24, 2.45) is 0 Å². The summed E-state index contributed by atoms with van der Waals surface area (Å²) in [5.74, 6) is -0.191. The second-order valence-electron chi connectivity index (χ2n) is 5.72. The fraction of sp³-hybridized carbons (Fsp3) is 0.250. The molecule has 0 unspecified atom stereocenters. The Kier molecular flexibility index (Phi) is 4.29. The number of aliphatic hydroxyl groups excluding tert-OH is 1. The fourth-order valence-corrected chi connectivity index (χ4v) is 4.36. The van der Waals surface area contributed by atoms with Crippen molar-refractivity contribution < 1.29 is 23.2 Å². The normalized spacial score (nSPS) is 14.1. The highest BCUT2D eigenvalue weighted by atomic mass is 32.2. The molecule has 120 valence electrons. The van der Waals surface area contributed by atoms with Gasteiger partial charge in [0.1, 0.15) is 0 Å². The van der Waals surface area contributed by atoms with Crippen LogP contribution in [-0.4, -0.2) is 25.7 Å². The highest BCUT2D eigenvalue weighted by Crippen LogP contribution is 2.22. The van der Waals surface area contributed by atoms with Crippen LogP contribution in [0.4, 0.5) is 0 Å². The summed E-state index contributed by atoms with van der Waals surface area (Å²) in [5.41, 5.74) is 3.35. The van der Waals surface area contributed by atoms with E-state index in [0.29, 0.717) is 23.2 Å². The van der Waals surface area contributed by atoms with Crippen LogP contribution in [0.1, 0.15) is 22.3 Å². The van der Waals surface area contributed by atoms with Crippen LogP contribution in [-0.2, 0) is 33.5 Å². The molecule has 1 aliphatic rings. The molecule has 0 saturated carbocycles. The van der Waals surface area contributed by atoms with Gasteiger partial charge in [-0.05, 0) is 35.1 Å². The molecule has 2 N–H and O–H groups in total. The zero-order chi connectivity index (χ0) is 16.6. The van der Waals surface area contributed by atoms with Crippen molar-refractivity contribution in [3.05, 3.63) is 58.7 Å². The van der Waals surface area contributed by atoms with Crippen LogP contribution < -0.4 is 5.46 Å². The van der Waals surface area contributed by atoms with Gasteiger partial charge in [0.05, 0.1) is 23.9 Å². The Hall–Kier alpha value is -1.67. The molecule has 3 rings (SSSR count). The first-order chi connectivity index (χ1) is 10.9. The summed E-state index contributed by atoms with van der Waals surface area (Å²) < 4.78 is 30.5. The number of aliphatic hydroxyl groups is 1. The van der Waals surface area contributed by atoms with Crippen molar-refractivity contribution >= 4 is 22.4 Å². The third kappa shape index (κ3) is 3.18. The number of hydrogen-bond acceptors (Lipinski definition) is 5. The van der Waals surface area contributed by atoms with E-state index in [1.54, 1.807) is 30.3 Å². The molecule has 5 nitrogen and oxygen atoms in total. The second kappa shape index (κ2) is 6.09. The average Bonchev–Trinajstić information content (AvgIpc) is 2.87.